The van der Waals surface area contributed by atoms with E-state index in [1.54, 1.807) is 6.92 Å². The van der Waals surface area contributed by atoms with E-state index in [2.05, 4.69) is 5.32 Å². The zero-order chi connectivity index (χ0) is 24.3. The van der Waals surface area contributed by atoms with Crippen molar-refractivity contribution in [1.82, 2.24) is 15.1 Å². The number of aryl methyl sites for hydroxylation is 1. The Balaban J connectivity index is 1.72. The fourth-order valence-corrected chi connectivity index (χ4v) is 4.39. The molecule has 1 unspecified atom stereocenters. The molecule has 1 N–H and O–H groups in total. The second-order valence-electron chi connectivity index (χ2n) is 10.2. The van der Waals surface area contributed by atoms with E-state index in [1.807, 2.05) is 64.1 Å². The fourth-order valence-electron chi connectivity index (χ4n) is 4.39. The molecule has 0 aromatic heterocycles. The van der Waals surface area contributed by atoms with Gasteiger partial charge in [-0.25, -0.2) is 0 Å². The van der Waals surface area contributed by atoms with E-state index in [-0.39, 0.29) is 55.0 Å². The highest BCUT2D eigenvalue weighted by Crippen LogP contribution is 2.35. The third-order valence-corrected chi connectivity index (χ3v) is 6.29. The van der Waals surface area contributed by atoms with Crippen molar-refractivity contribution >= 4 is 23.6 Å². The molecule has 33 heavy (non-hydrogen) atoms. The van der Waals surface area contributed by atoms with Crippen LogP contribution in [0.3, 0.4) is 0 Å². The molecule has 7 heteroatoms. The van der Waals surface area contributed by atoms with E-state index in [1.165, 1.54) is 9.80 Å². The quantitative estimate of drug-likeness (QED) is 0.508. The molecule has 1 aromatic carbocycles. The molecule has 4 amide bonds. The van der Waals surface area contributed by atoms with Crippen molar-refractivity contribution in [2.24, 2.45) is 11.8 Å². The summed E-state index contributed by atoms with van der Waals surface area (Å²) in [5, 5.41) is 2.94. The second kappa shape index (κ2) is 9.89. The SMILES string of the molecule is Cc1ccc(CN(C(=O)CCN2C(=O)[C@H]3CC=CC[C@H]3C2=O)C(C)C(=O)NC(C)(C)C)cc1. The number of hydrogen-bond acceptors (Lipinski definition) is 4. The van der Waals surface area contributed by atoms with Gasteiger partial charge in [-0.1, -0.05) is 42.0 Å². The van der Waals surface area contributed by atoms with Crippen molar-refractivity contribution < 1.29 is 19.2 Å². The molecule has 2 aliphatic rings. The summed E-state index contributed by atoms with van der Waals surface area (Å²) in [6.45, 7) is 9.69. The molecule has 1 saturated heterocycles. The summed E-state index contributed by atoms with van der Waals surface area (Å²) in [5.41, 5.74) is 1.59. The molecule has 0 saturated carbocycles. The molecule has 3 rings (SSSR count). The van der Waals surface area contributed by atoms with E-state index < -0.39 is 11.6 Å². The summed E-state index contributed by atoms with van der Waals surface area (Å²) in [6.07, 6.45) is 5.02. The molecule has 178 valence electrons. The van der Waals surface area contributed by atoms with Gasteiger partial charge < -0.3 is 10.2 Å². The van der Waals surface area contributed by atoms with E-state index in [0.29, 0.717) is 12.8 Å². The number of carbonyl (C=O) groups is 4. The lowest BCUT2D eigenvalue weighted by Crippen LogP contribution is -2.52. The molecule has 7 nitrogen and oxygen atoms in total. The Morgan fingerprint density at radius 2 is 1.61 bits per heavy atom. The monoisotopic (exact) mass is 453 g/mol. The first-order chi connectivity index (χ1) is 15.5. The predicted octanol–water partition coefficient (Wildman–Crippen LogP) is 2.97. The number of rotatable bonds is 7. The summed E-state index contributed by atoms with van der Waals surface area (Å²) in [7, 11) is 0. The van der Waals surface area contributed by atoms with Crippen molar-refractivity contribution in [3.63, 3.8) is 0 Å². The van der Waals surface area contributed by atoms with Crippen LogP contribution in [0.4, 0.5) is 0 Å². The topological polar surface area (TPSA) is 86.8 Å². The fraction of sp³-hybridized carbons (Fsp3) is 0.538. The van der Waals surface area contributed by atoms with Gasteiger partial charge >= 0.3 is 0 Å². The molecule has 0 radical (unpaired) electrons. The minimum absolute atomic E-state index is 0.0106. The summed E-state index contributed by atoms with van der Waals surface area (Å²) in [4.78, 5) is 54.4. The summed E-state index contributed by atoms with van der Waals surface area (Å²) >= 11 is 0. The lowest BCUT2D eigenvalue weighted by atomic mass is 9.85. The van der Waals surface area contributed by atoms with Gasteiger partial charge in [0.2, 0.25) is 23.6 Å². The number of nitrogens with one attached hydrogen (secondary N) is 1. The number of fused-ring (bicyclic) bond motifs is 1. The molecule has 1 aromatic rings. The molecule has 1 fully saturated rings. The van der Waals surface area contributed by atoms with Crippen LogP contribution in [-0.2, 0) is 25.7 Å². The first kappa shape index (κ1) is 24.7. The van der Waals surface area contributed by atoms with E-state index in [0.717, 1.165) is 11.1 Å². The number of amides is 4. The highest BCUT2D eigenvalue weighted by molar-refractivity contribution is 6.05. The molecule has 0 bridgehead atoms. The standard InChI is InChI=1S/C26H35N3O4/c1-17-10-12-19(13-11-17)16-29(18(2)23(31)27-26(3,4)5)22(30)14-15-28-24(32)20-8-6-7-9-21(20)25(28)33/h6-7,10-13,18,20-21H,8-9,14-16H2,1-5H3,(H,27,31)/t18?,20-,21+. The van der Waals surface area contributed by atoms with Gasteiger partial charge in [0.25, 0.3) is 0 Å². The Labute approximate surface area is 196 Å². The van der Waals surface area contributed by atoms with Crippen LogP contribution in [0.5, 0.6) is 0 Å². The average Bonchev–Trinajstić information content (AvgIpc) is 3.00. The highest BCUT2D eigenvalue weighted by atomic mass is 16.2. The van der Waals surface area contributed by atoms with Gasteiger partial charge in [0.15, 0.2) is 0 Å². The number of carbonyl (C=O) groups excluding carboxylic acids is 4. The van der Waals surface area contributed by atoms with Gasteiger partial charge in [-0.3, -0.25) is 24.1 Å². The normalized spacial score (nSPS) is 21.1. The third kappa shape index (κ3) is 5.89. The van der Waals surface area contributed by atoms with Crippen LogP contribution in [0, 0.1) is 18.8 Å². The number of allylic oxidation sites excluding steroid dienone is 2. The minimum atomic E-state index is -0.699. The number of imide groups is 1. The van der Waals surface area contributed by atoms with Crippen LogP contribution < -0.4 is 5.32 Å². The van der Waals surface area contributed by atoms with Gasteiger partial charge in [-0.05, 0) is 53.0 Å². The van der Waals surface area contributed by atoms with Gasteiger partial charge in [0.05, 0.1) is 11.8 Å². The first-order valence-corrected chi connectivity index (χ1v) is 11.6. The van der Waals surface area contributed by atoms with Crippen molar-refractivity contribution in [2.75, 3.05) is 6.54 Å². The van der Waals surface area contributed by atoms with Crippen LogP contribution in [0.1, 0.15) is 58.1 Å². The number of hydrogen-bond donors (Lipinski definition) is 1. The molecule has 1 aliphatic heterocycles. The third-order valence-electron chi connectivity index (χ3n) is 6.29. The smallest absolute Gasteiger partial charge is 0.242 e. The Hall–Kier alpha value is -2.96. The molecular formula is C26H35N3O4. The van der Waals surface area contributed by atoms with Crippen LogP contribution in [0.25, 0.3) is 0 Å². The van der Waals surface area contributed by atoms with Crippen LogP contribution in [-0.4, -0.2) is 51.6 Å². The summed E-state index contributed by atoms with van der Waals surface area (Å²) < 4.78 is 0. The molecular weight excluding hydrogens is 418 g/mol. The van der Waals surface area contributed by atoms with Gasteiger partial charge in [0.1, 0.15) is 6.04 Å². The minimum Gasteiger partial charge on any atom is -0.350 e. The largest absolute Gasteiger partial charge is 0.350 e. The maximum atomic E-state index is 13.3. The zero-order valence-corrected chi connectivity index (χ0v) is 20.3. The number of nitrogens with zero attached hydrogens (tertiary/aromatic N) is 2. The van der Waals surface area contributed by atoms with Crippen molar-refractivity contribution in [3.8, 4) is 0 Å². The maximum absolute atomic E-state index is 13.3. The van der Waals surface area contributed by atoms with Crippen LogP contribution >= 0.6 is 0 Å². The number of likely N-dealkylation sites (tertiary alicyclic amines) is 1. The molecule has 0 spiro atoms. The molecule has 1 heterocycles. The number of benzene rings is 1. The van der Waals surface area contributed by atoms with E-state index >= 15 is 0 Å². The Morgan fingerprint density at radius 3 is 2.12 bits per heavy atom. The van der Waals surface area contributed by atoms with Crippen LogP contribution in [0.2, 0.25) is 0 Å². The lowest BCUT2D eigenvalue weighted by molar-refractivity contribution is -0.144. The van der Waals surface area contributed by atoms with Gasteiger partial charge in [-0.15, -0.1) is 0 Å². The van der Waals surface area contributed by atoms with Crippen molar-refractivity contribution in [1.29, 1.82) is 0 Å². The first-order valence-electron chi connectivity index (χ1n) is 11.6. The summed E-state index contributed by atoms with van der Waals surface area (Å²) in [5.74, 6) is -1.50. The molecule has 3 atom stereocenters. The maximum Gasteiger partial charge on any atom is 0.242 e. The molecule has 1 aliphatic carbocycles. The van der Waals surface area contributed by atoms with Gasteiger partial charge in [-0.2, -0.15) is 0 Å². The highest BCUT2D eigenvalue weighted by Gasteiger charge is 2.47. The van der Waals surface area contributed by atoms with Crippen molar-refractivity contribution in [3.05, 3.63) is 47.5 Å². The van der Waals surface area contributed by atoms with Crippen molar-refractivity contribution in [2.45, 2.75) is 72.0 Å². The van der Waals surface area contributed by atoms with E-state index in [9.17, 15) is 19.2 Å². The second-order valence-corrected chi connectivity index (χ2v) is 10.2. The van der Waals surface area contributed by atoms with Crippen LogP contribution in [0.15, 0.2) is 36.4 Å². The Morgan fingerprint density at radius 1 is 1.06 bits per heavy atom. The zero-order valence-electron chi connectivity index (χ0n) is 20.3. The Kier molecular flexibility index (Phi) is 7.40. The average molecular weight is 454 g/mol. The predicted molar refractivity (Wildman–Crippen MR) is 126 cm³/mol. The lowest BCUT2D eigenvalue weighted by Gasteiger charge is -2.32. The van der Waals surface area contributed by atoms with Gasteiger partial charge in [0, 0.05) is 25.0 Å². The summed E-state index contributed by atoms with van der Waals surface area (Å²) in [6, 6.07) is 7.12. The Bertz CT molecular complexity index is 919. The van der Waals surface area contributed by atoms with E-state index in [4.69, 9.17) is 0 Å².